The van der Waals surface area contributed by atoms with Gasteiger partial charge in [-0.25, -0.2) is 4.39 Å². The molecule has 2 fully saturated rings. The van der Waals surface area contributed by atoms with Crippen LogP contribution in [0.1, 0.15) is 19.3 Å². The number of hydrogen-bond acceptors (Lipinski definition) is 2. The molecular weight excluding hydrogens is 145 g/mol. The van der Waals surface area contributed by atoms with E-state index in [9.17, 15) is 4.39 Å². The summed E-state index contributed by atoms with van der Waals surface area (Å²) in [5.41, 5.74) is -0.472. The minimum Gasteiger partial charge on any atom is -0.394 e. The summed E-state index contributed by atoms with van der Waals surface area (Å²) in [6.07, 6.45) is 1.70. The normalized spacial score (nSPS) is 44.7. The number of aliphatic hydroxyl groups excluding tert-OH is 1. The van der Waals surface area contributed by atoms with E-state index in [1.165, 1.54) is 0 Å². The Kier molecular flexibility index (Phi) is 1.65. The summed E-state index contributed by atoms with van der Waals surface area (Å²) < 4.78 is 13.3. The Morgan fingerprint density at radius 3 is 3.00 bits per heavy atom. The Balaban J connectivity index is 2.22. The van der Waals surface area contributed by atoms with Gasteiger partial charge in [0.15, 0.2) is 0 Å². The van der Waals surface area contributed by atoms with E-state index >= 15 is 0 Å². The molecule has 2 atom stereocenters. The number of alkyl halides is 1. The van der Waals surface area contributed by atoms with Gasteiger partial charge in [-0.1, -0.05) is 0 Å². The van der Waals surface area contributed by atoms with Crippen molar-refractivity contribution in [3.8, 4) is 0 Å². The van der Waals surface area contributed by atoms with Gasteiger partial charge in [0.2, 0.25) is 0 Å². The fraction of sp³-hybridized carbons (Fsp3) is 1.00. The predicted octanol–water partition coefficient (Wildman–Crippen LogP) is 0.555. The number of rotatable bonds is 1. The van der Waals surface area contributed by atoms with Gasteiger partial charge in [0.05, 0.1) is 12.1 Å². The topological polar surface area (TPSA) is 23.5 Å². The zero-order valence-electron chi connectivity index (χ0n) is 6.59. The molecule has 11 heavy (non-hydrogen) atoms. The quantitative estimate of drug-likeness (QED) is 0.604. The summed E-state index contributed by atoms with van der Waals surface area (Å²) in [5, 5.41) is 9.12. The van der Waals surface area contributed by atoms with Crippen LogP contribution in [-0.4, -0.2) is 41.4 Å². The summed E-state index contributed by atoms with van der Waals surface area (Å²) in [7, 11) is 0. The minimum absolute atomic E-state index is 0.00579. The maximum atomic E-state index is 13.3. The summed E-state index contributed by atoms with van der Waals surface area (Å²) in [5.74, 6) is 0. The van der Waals surface area contributed by atoms with E-state index in [1.807, 2.05) is 0 Å². The Morgan fingerprint density at radius 2 is 2.36 bits per heavy atom. The number of fused-ring (bicyclic) bond motifs is 1. The zero-order chi connectivity index (χ0) is 7.90. The maximum Gasteiger partial charge on any atom is 0.122 e. The first kappa shape index (κ1) is 7.50. The van der Waals surface area contributed by atoms with Crippen LogP contribution in [0, 0.1) is 0 Å². The Bertz CT molecular complexity index is 164. The first-order valence-corrected chi connectivity index (χ1v) is 4.29. The standard InChI is InChI=1S/C8H14FNO/c9-7-2-5-10-4-1-3-8(7,10)6-11/h7,11H,1-6H2/t7-,8+/m0/s1. The molecule has 0 bridgehead atoms. The summed E-state index contributed by atoms with van der Waals surface area (Å²) in [4.78, 5) is 2.11. The zero-order valence-corrected chi connectivity index (χ0v) is 6.59. The van der Waals surface area contributed by atoms with Crippen LogP contribution in [0.25, 0.3) is 0 Å². The van der Waals surface area contributed by atoms with Crippen LogP contribution in [-0.2, 0) is 0 Å². The second-order valence-electron chi connectivity index (χ2n) is 3.61. The molecule has 0 radical (unpaired) electrons. The van der Waals surface area contributed by atoms with Gasteiger partial charge in [-0.15, -0.1) is 0 Å². The highest BCUT2D eigenvalue weighted by molar-refractivity contribution is 5.05. The van der Waals surface area contributed by atoms with E-state index < -0.39 is 11.7 Å². The number of aliphatic hydroxyl groups is 1. The molecule has 64 valence electrons. The molecule has 0 spiro atoms. The summed E-state index contributed by atoms with van der Waals surface area (Å²) >= 11 is 0. The SMILES string of the molecule is OC[C@@]12CCCN1CC[C@@H]2F. The number of nitrogens with zero attached hydrogens (tertiary/aromatic N) is 1. The van der Waals surface area contributed by atoms with Crippen LogP contribution in [0.4, 0.5) is 4.39 Å². The average molecular weight is 159 g/mol. The molecule has 0 unspecified atom stereocenters. The third-order valence-corrected chi connectivity index (χ3v) is 3.18. The average Bonchev–Trinajstić information content (AvgIpc) is 2.53. The van der Waals surface area contributed by atoms with Gasteiger partial charge in [0.25, 0.3) is 0 Å². The predicted molar refractivity (Wildman–Crippen MR) is 40.1 cm³/mol. The van der Waals surface area contributed by atoms with Gasteiger partial charge in [0.1, 0.15) is 6.17 Å². The van der Waals surface area contributed by atoms with Crippen molar-refractivity contribution < 1.29 is 9.50 Å². The van der Waals surface area contributed by atoms with Gasteiger partial charge in [-0.05, 0) is 25.8 Å². The van der Waals surface area contributed by atoms with Crippen molar-refractivity contribution in [2.45, 2.75) is 31.0 Å². The first-order valence-electron chi connectivity index (χ1n) is 4.29. The van der Waals surface area contributed by atoms with E-state index in [-0.39, 0.29) is 6.61 Å². The van der Waals surface area contributed by atoms with Crippen LogP contribution < -0.4 is 0 Å². The largest absolute Gasteiger partial charge is 0.394 e. The van der Waals surface area contributed by atoms with E-state index in [0.29, 0.717) is 6.42 Å². The van der Waals surface area contributed by atoms with Gasteiger partial charge >= 0.3 is 0 Å². The minimum atomic E-state index is -0.796. The van der Waals surface area contributed by atoms with Crippen molar-refractivity contribution in [1.82, 2.24) is 4.90 Å². The summed E-state index contributed by atoms with van der Waals surface area (Å²) in [6, 6.07) is 0. The van der Waals surface area contributed by atoms with Crippen LogP contribution in [0.3, 0.4) is 0 Å². The highest BCUT2D eigenvalue weighted by atomic mass is 19.1. The lowest BCUT2D eigenvalue weighted by molar-refractivity contribution is 0.0500. The van der Waals surface area contributed by atoms with E-state index in [0.717, 1.165) is 25.9 Å². The molecule has 1 N–H and O–H groups in total. The van der Waals surface area contributed by atoms with Gasteiger partial charge in [0, 0.05) is 6.54 Å². The van der Waals surface area contributed by atoms with Crippen molar-refractivity contribution in [2.75, 3.05) is 19.7 Å². The lowest BCUT2D eigenvalue weighted by Gasteiger charge is -2.31. The molecule has 2 aliphatic heterocycles. The molecule has 3 heteroatoms. The van der Waals surface area contributed by atoms with Gasteiger partial charge in [-0.3, -0.25) is 4.90 Å². The van der Waals surface area contributed by atoms with Crippen LogP contribution in [0.15, 0.2) is 0 Å². The second kappa shape index (κ2) is 2.42. The Hall–Kier alpha value is -0.150. The number of hydrogen-bond donors (Lipinski definition) is 1. The van der Waals surface area contributed by atoms with Crippen molar-refractivity contribution in [1.29, 1.82) is 0 Å². The second-order valence-corrected chi connectivity index (χ2v) is 3.61. The van der Waals surface area contributed by atoms with Crippen molar-refractivity contribution in [2.24, 2.45) is 0 Å². The molecule has 0 amide bonds. The van der Waals surface area contributed by atoms with Crippen molar-refractivity contribution in [3.63, 3.8) is 0 Å². The fourth-order valence-corrected chi connectivity index (χ4v) is 2.46. The van der Waals surface area contributed by atoms with E-state index in [2.05, 4.69) is 4.90 Å². The number of halogens is 1. The van der Waals surface area contributed by atoms with Gasteiger partial charge in [-0.2, -0.15) is 0 Å². The molecule has 2 nitrogen and oxygen atoms in total. The van der Waals surface area contributed by atoms with Crippen molar-refractivity contribution >= 4 is 0 Å². The Labute approximate surface area is 66.0 Å². The monoisotopic (exact) mass is 159 g/mol. The molecule has 2 aliphatic rings. The molecule has 0 aromatic heterocycles. The molecule has 0 saturated carbocycles. The third-order valence-electron chi connectivity index (χ3n) is 3.18. The van der Waals surface area contributed by atoms with Crippen molar-refractivity contribution in [3.05, 3.63) is 0 Å². The highest BCUT2D eigenvalue weighted by Crippen LogP contribution is 2.40. The molecule has 0 aromatic rings. The molecule has 2 heterocycles. The molecule has 2 rings (SSSR count). The first-order chi connectivity index (χ1) is 5.29. The molecular formula is C8H14FNO. The van der Waals surface area contributed by atoms with Crippen LogP contribution in [0.5, 0.6) is 0 Å². The van der Waals surface area contributed by atoms with E-state index in [1.54, 1.807) is 0 Å². The van der Waals surface area contributed by atoms with Crippen LogP contribution in [0.2, 0.25) is 0 Å². The molecule has 0 aliphatic carbocycles. The summed E-state index contributed by atoms with van der Waals surface area (Å²) in [6.45, 7) is 1.80. The van der Waals surface area contributed by atoms with Crippen LogP contribution >= 0.6 is 0 Å². The highest BCUT2D eigenvalue weighted by Gasteiger charge is 2.51. The Morgan fingerprint density at radius 1 is 1.55 bits per heavy atom. The third kappa shape index (κ3) is 0.842. The fourth-order valence-electron chi connectivity index (χ4n) is 2.46. The maximum absolute atomic E-state index is 13.3. The molecule has 2 saturated heterocycles. The lowest BCUT2D eigenvalue weighted by atomic mass is 9.93. The molecule has 0 aromatic carbocycles. The smallest absolute Gasteiger partial charge is 0.122 e. The van der Waals surface area contributed by atoms with E-state index in [4.69, 9.17) is 5.11 Å². The lowest BCUT2D eigenvalue weighted by Crippen LogP contribution is -2.47. The van der Waals surface area contributed by atoms with Gasteiger partial charge < -0.3 is 5.11 Å².